The lowest BCUT2D eigenvalue weighted by molar-refractivity contribution is -0.139. The fraction of sp³-hybridized carbons (Fsp3) is 0.450. The van der Waals surface area contributed by atoms with Crippen molar-refractivity contribution < 1.29 is 19.1 Å². The van der Waals surface area contributed by atoms with E-state index in [0.29, 0.717) is 31.0 Å². The number of ether oxygens (including phenoxy) is 1. The van der Waals surface area contributed by atoms with Gasteiger partial charge in [0.15, 0.2) is 0 Å². The van der Waals surface area contributed by atoms with Crippen molar-refractivity contribution >= 4 is 23.4 Å². The third-order valence-electron chi connectivity index (χ3n) is 5.63. The summed E-state index contributed by atoms with van der Waals surface area (Å²) in [6.07, 6.45) is 4.08. The van der Waals surface area contributed by atoms with Crippen molar-refractivity contribution in [3.8, 4) is 0 Å². The standard InChI is InChI=1S/C20H22N2O4/c1-26-14-11-15(18(23)21-9-5-6-10-21)17-16(12-14)19(24)22(20(17)25)13-7-3-2-4-8-13/h2-4,7-8,11,15-17H,5-6,9-10,12H2,1H3/t15-,16+,17-/m1/s1. The highest BCUT2D eigenvalue weighted by atomic mass is 16.5. The fourth-order valence-electron chi connectivity index (χ4n) is 4.31. The molecule has 0 aromatic heterocycles. The lowest BCUT2D eigenvalue weighted by atomic mass is 9.76. The fourth-order valence-corrected chi connectivity index (χ4v) is 4.31. The van der Waals surface area contributed by atoms with Crippen LogP contribution in [0, 0.1) is 17.8 Å². The molecule has 3 amide bonds. The van der Waals surface area contributed by atoms with Gasteiger partial charge in [0, 0.05) is 19.5 Å². The van der Waals surface area contributed by atoms with Gasteiger partial charge in [0.1, 0.15) is 0 Å². The number of nitrogens with zero attached hydrogens (tertiary/aromatic N) is 2. The van der Waals surface area contributed by atoms with E-state index in [1.54, 1.807) is 42.4 Å². The van der Waals surface area contributed by atoms with Crippen LogP contribution in [-0.2, 0) is 19.1 Å². The number of hydrogen-bond donors (Lipinski definition) is 0. The van der Waals surface area contributed by atoms with Crippen LogP contribution in [0.4, 0.5) is 5.69 Å². The van der Waals surface area contributed by atoms with E-state index in [9.17, 15) is 14.4 Å². The Morgan fingerprint density at radius 2 is 1.77 bits per heavy atom. The Balaban J connectivity index is 1.70. The maximum atomic E-state index is 13.1. The minimum atomic E-state index is -0.644. The molecule has 0 spiro atoms. The Labute approximate surface area is 152 Å². The van der Waals surface area contributed by atoms with E-state index < -0.39 is 17.8 Å². The number of anilines is 1. The molecule has 0 bridgehead atoms. The minimum absolute atomic E-state index is 0.0668. The highest BCUT2D eigenvalue weighted by Gasteiger charge is 2.55. The number of hydrogen-bond acceptors (Lipinski definition) is 4. The zero-order valence-electron chi connectivity index (χ0n) is 14.8. The molecule has 6 nitrogen and oxygen atoms in total. The smallest absolute Gasteiger partial charge is 0.238 e. The number of allylic oxidation sites excluding steroid dienone is 1. The Bertz CT molecular complexity index is 767. The molecule has 2 fully saturated rings. The van der Waals surface area contributed by atoms with Gasteiger partial charge in [-0.15, -0.1) is 0 Å². The number of methoxy groups -OCH3 is 1. The molecule has 1 aliphatic carbocycles. The van der Waals surface area contributed by atoms with Gasteiger partial charge >= 0.3 is 0 Å². The highest BCUT2D eigenvalue weighted by Crippen LogP contribution is 2.43. The van der Waals surface area contributed by atoms with Crippen LogP contribution >= 0.6 is 0 Å². The number of carbonyl (C=O) groups excluding carboxylic acids is 3. The molecule has 0 radical (unpaired) electrons. The predicted octanol–water partition coefficient (Wildman–Crippen LogP) is 1.96. The molecule has 136 valence electrons. The number of rotatable bonds is 3. The topological polar surface area (TPSA) is 66.9 Å². The van der Waals surface area contributed by atoms with Crippen molar-refractivity contribution in [2.45, 2.75) is 19.3 Å². The first-order valence-electron chi connectivity index (χ1n) is 9.08. The van der Waals surface area contributed by atoms with E-state index in [0.717, 1.165) is 12.8 Å². The van der Waals surface area contributed by atoms with Crippen LogP contribution in [0.2, 0.25) is 0 Å². The number of likely N-dealkylation sites (tertiary alicyclic amines) is 1. The first kappa shape index (κ1) is 16.8. The van der Waals surface area contributed by atoms with Gasteiger partial charge in [0.05, 0.1) is 36.3 Å². The first-order valence-corrected chi connectivity index (χ1v) is 9.08. The van der Waals surface area contributed by atoms with E-state index in [2.05, 4.69) is 0 Å². The zero-order valence-corrected chi connectivity index (χ0v) is 14.8. The van der Waals surface area contributed by atoms with E-state index >= 15 is 0 Å². The molecule has 0 N–H and O–H groups in total. The summed E-state index contributed by atoms with van der Waals surface area (Å²) in [5.74, 6) is -1.80. The van der Waals surface area contributed by atoms with E-state index in [1.807, 2.05) is 6.07 Å². The quantitative estimate of drug-likeness (QED) is 0.779. The molecule has 0 saturated carbocycles. The van der Waals surface area contributed by atoms with Gasteiger partial charge < -0.3 is 9.64 Å². The van der Waals surface area contributed by atoms with Crippen LogP contribution in [0.25, 0.3) is 0 Å². The Kier molecular flexibility index (Phi) is 4.26. The van der Waals surface area contributed by atoms with Gasteiger partial charge in [0.25, 0.3) is 0 Å². The van der Waals surface area contributed by atoms with Crippen molar-refractivity contribution in [3.63, 3.8) is 0 Å². The van der Waals surface area contributed by atoms with Crippen LogP contribution in [0.15, 0.2) is 42.2 Å². The number of para-hydroxylation sites is 1. The summed E-state index contributed by atoms with van der Waals surface area (Å²) >= 11 is 0. The monoisotopic (exact) mass is 354 g/mol. The largest absolute Gasteiger partial charge is 0.501 e. The average molecular weight is 354 g/mol. The second-order valence-electron chi connectivity index (χ2n) is 7.08. The van der Waals surface area contributed by atoms with Crippen molar-refractivity contribution in [2.24, 2.45) is 17.8 Å². The van der Waals surface area contributed by atoms with Crippen LogP contribution in [-0.4, -0.2) is 42.8 Å². The second kappa shape index (κ2) is 6.59. The summed E-state index contributed by atoms with van der Waals surface area (Å²) in [5, 5.41) is 0. The molecule has 2 aliphatic heterocycles. The van der Waals surface area contributed by atoms with E-state index in [-0.39, 0.29) is 17.7 Å². The van der Waals surface area contributed by atoms with Gasteiger partial charge in [-0.2, -0.15) is 0 Å². The molecule has 26 heavy (non-hydrogen) atoms. The molecule has 2 heterocycles. The third kappa shape index (κ3) is 2.60. The van der Waals surface area contributed by atoms with Crippen LogP contribution < -0.4 is 4.90 Å². The SMILES string of the molecule is COC1=C[C@@H](C(=O)N2CCCC2)[C@H]2C(=O)N(c3ccccc3)C(=O)[C@H]2C1. The van der Waals surface area contributed by atoms with Gasteiger partial charge in [-0.1, -0.05) is 18.2 Å². The molecule has 0 unspecified atom stereocenters. The molecular weight excluding hydrogens is 332 g/mol. The normalized spacial score (nSPS) is 28.2. The lowest BCUT2D eigenvalue weighted by Gasteiger charge is -2.30. The summed E-state index contributed by atoms with van der Waals surface area (Å²) in [5.41, 5.74) is 0.559. The van der Waals surface area contributed by atoms with Crippen molar-refractivity contribution in [3.05, 3.63) is 42.2 Å². The number of fused-ring (bicyclic) bond motifs is 1. The predicted molar refractivity (Wildman–Crippen MR) is 94.9 cm³/mol. The minimum Gasteiger partial charge on any atom is -0.501 e. The molecule has 2 saturated heterocycles. The summed E-state index contributed by atoms with van der Waals surface area (Å²) < 4.78 is 5.38. The summed E-state index contributed by atoms with van der Waals surface area (Å²) in [6, 6.07) is 8.92. The van der Waals surface area contributed by atoms with E-state index in [1.165, 1.54) is 4.90 Å². The number of benzene rings is 1. The summed E-state index contributed by atoms with van der Waals surface area (Å²) in [6.45, 7) is 1.43. The Morgan fingerprint density at radius 1 is 1.08 bits per heavy atom. The first-order chi connectivity index (χ1) is 12.6. The van der Waals surface area contributed by atoms with Crippen LogP contribution in [0.5, 0.6) is 0 Å². The average Bonchev–Trinajstić information content (AvgIpc) is 3.29. The lowest BCUT2D eigenvalue weighted by Crippen LogP contribution is -2.42. The number of amides is 3. The molecule has 3 aliphatic rings. The second-order valence-corrected chi connectivity index (χ2v) is 7.08. The Hall–Kier alpha value is -2.63. The van der Waals surface area contributed by atoms with Crippen molar-refractivity contribution in [2.75, 3.05) is 25.1 Å². The molecule has 4 rings (SSSR count). The van der Waals surface area contributed by atoms with Crippen LogP contribution in [0.1, 0.15) is 19.3 Å². The molecule has 3 atom stereocenters. The molecular formula is C20H22N2O4. The number of carbonyl (C=O) groups is 3. The highest BCUT2D eigenvalue weighted by molar-refractivity contribution is 6.23. The van der Waals surface area contributed by atoms with Crippen LogP contribution in [0.3, 0.4) is 0 Å². The maximum Gasteiger partial charge on any atom is 0.238 e. The van der Waals surface area contributed by atoms with E-state index in [4.69, 9.17) is 4.74 Å². The van der Waals surface area contributed by atoms with Gasteiger partial charge in [-0.3, -0.25) is 19.3 Å². The van der Waals surface area contributed by atoms with Gasteiger partial charge in [0.2, 0.25) is 17.7 Å². The molecule has 1 aromatic carbocycles. The summed E-state index contributed by atoms with van der Waals surface area (Å²) in [4.78, 5) is 42.2. The van der Waals surface area contributed by atoms with Gasteiger partial charge in [-0.25, -0.2) is 0 Å². The zero-order chi connectivity index (χ0) is 18.3. The molecule has 6 heteroatoms. The van der Waals surface area contributed by atoms with Crippen molar-refractivity contribution in [1.29, 1.82) is 0 Å². The van der Waals surface area contributed by atoms with Crippen molar-refractivity contribution in [1.82, 2.24) is 4.90 Å². The Morgan fingerprint density at radius 3 is 2.42 bits per heavy atom. The summed E-state index contributed by atoms with van der Waals surface area (Å²) in [7, 11) is 1.54. The third-order valence-corrected chi connectivity index (χ3v) is 5.63. The number of imide groups is 1. The molecule has 1 aromatic rings. The maximum absolute atomic E-state index is 13.1. The van der Waals surface area contributed by atoms with Gasteiger partial charge in [-0.05, 0) is 31.1 Å².